The molecule has 0 aromatic heterocycles. The average molecular weight is 229 g/mol. The summed E-state index contributed by atoms with van der Waals surface area (Å²) in [5.41, 5.74) is 0. The van der Waals surface area contributed by atoms with Gasteiger partial charge in [-0.3, -0.25) is 14.9 Å². The molecule has 82 valence electrons. The number of halogens is 2. The van der Waals surface area contributed by atoms with Crippen molar-refractivity contribution in [3.63, 3.8) is 0 Å². The van der Waals surface area contributed by atoms with Gasteiger partial charge in [0, 0.05) is 13.8 Å². The highest BCUT2D eigenvalue weighted by atomic mass is 32.2. The van der Waals surface area contributed by atoms with E-state index in [1.165, 1.54) is 0 Å². The van der Waals surface area contributed by atoms with Crippen LogP contribution in [-0.2, 0) is 19.4 Å². The van der Waals surface area contributed by atoms with Crippen LogP contribution in [0, 0.1) is 0 Å². The van der Waals surface area contributed by atoms with Crippen molar-refractivity contribution < 1.29 is 26.8 Å². The van der Waals surface area contributed by atoms with Gasteiger partial charge in [0.2, 0.25) is 21.7 Å². The van der Waals surface area contributed by atoms with Gasteiger partial charge in [-0.2, -0.15) is 8.78 Å². The highest BCUT2D eigenvalue weighted by Crippen LogP contribution is 2.20. The summed E-state index contributed by atoms with van der Waals surface area (Å²) in [5, 5.41) is -2.40. The second-order valence-electron chi connectivity index (χ2n) is 2.67. The van der Waals surface area contributed by atoms with E-state index in [0.717, 1.165) is 6.92 Å². The van der Waals surface area contributed by atoms with Crippen LogP contribution in [0.4, 0.5) is 8.78 Å². The van der Waals surface area contributed by atoms with Crippen LogP contribution in [-0.4, -0.2) is 31.2 Å². The Kier molecular flexibility index (Phi) is 3.69. The van der Waals surface area contributed by atoms with Crippen molar-refractivity contribution in [2.45, 2.75) is 19.1 Å². The Labute approximate surface area is 79.4 Å². The number of carbonyl (C=O) groups is 2. The van der Waals surface area contributed by atoms with Gasteiger partial charge in [0.05, 0.1) is 0 Å². The van der Waals surface area contributed by atoms with E-state index < -0.39 is 32.7 Å². The summed E-state index contributed by atoms with van der Waals surface area (Å²) in [6.07, 6.45) is 0. The maximum atomic E-state index is 12.3. The van der Waals surface area contributed by atoms with Crippen molar-refractivity contribution in [2.24, 2.45) is 0 Å². The lowest BCUT2D eigenvalue weighted by atomic mass is 10.6. The molecule has 0 aliphatic heterocycles. The number of imide groups is 1. The Morgan fingerprint density at radius 3 is 2.07 bits per heavy atom. The number of nitrogens with one attached hydrogen (secondary N) is 1. The molecule has 0 aromatic carbocycles. The zero-order valence-corrected chi connectivity index (χ0v) is 8.32. The summed E-state index contributed by atoms with van der Waals surface area (Å²) in [7, 11) is -4.84. The second kappa shape index (κ2) is 3.99. The zero-order chi connectivity index (χ0) is 11.6. The van der Waals surface area contributed by atoms with E-state index in [-0.39, 0.29) is 6.92 Å². The third-order valence-corrected chi connectivity index (χ3v) is 2.92. The monoisotopic (exact) mass is 229 g/mol. The number of amides is 2. The number of hydrogen-bond donors (Lipinski definition) is 1. The Morgan fingerprint density at radius 1 is 1.36 bits per heavy atom. The van der Waals surface area contributed by atoms with Crippen LogP contribution in [0.5, 0.6) is 0 Å². The molecule has 0 saturated heterocycles. The maximum Gasteiger partial charge on any atom is 0.343 e. The normalized spacial score (nSPS) is 12.3. The quantitative estimate of drug-likeness (QED) is 0.719. The lowest BCUT2D eigenvalue weighted by Crippen LogP contribution is -2.38. The van der Waals surface area contributed by atoms with E-state index in [1.807, 2.05) is 0 Å². The first-order chi connectivity index (χ1) is 6.06. The molecule has 0 saturated carbocycles. The zero-order valence-electron chi connectivity index (χ0n) is 7.50. The molecule has 0 spiro atoms. The predicted octanol–water partition coefficient (Wildman–Crippen LogP) is -0.323. The molecule has 0 aliphatic rings. The molecular formula is C6H9F2NO4S. The first-order valence-corrected chi connectivity index (χ1v) is 5.12. The molecule has 8 heteroatoms. The van der Waals surface area contributed by atoms with Gasteiger partial charge in [0.15, 0.2) is 0 Å². The van der Waals surface area contributed by atoms with Gasteiger partial charge < -0.3 is 0 Å². The number of sulfone groups is 1. The van der Waals surface area contributed by atoms with Crippen LogP contribution in [0.25, 0.3) is 0 Å². The molecule has 0 aliphatic carbocycles. The van der Waals surface area contributed by atoms with E-state index in [4.69, 9.17) is 0 Å². The summed E-state index contributed by atoms with van der Waals surface area (Å²) in [5.74, 6) is -3.47. The molecule has 2 amide bonds. The number of alkyl halides is 2. The molecule has 0 heterocycles. The lowest BCUT2D eigenvalue weighted by Gasteiger charge is -2.10. The molecule has 0 aromatic rings. The largest absolute Gasteiger partial charge is 0.343 e. The molecule has 5 nitrogen and oxygen atoms in total. The summed E-state index contributed by atoms with van der Waals surface area (Å²) >= 11 is 0. The predicted molar refractivity (Wildman–Crippen MR) is 43.2 cm³/mol. The SMILES string of the molecule is CC(=O)NC(=O)CS(=O)(=O)C(C)(F)F. The molecule has 0 fully saturated rings. The van der Waals surface area contributed by atoms with Crippen molar-refractivity contribution in [1.82, 2.24) is 5.32 Å². The van der Waals surface area contributed by atoms with E-state index in [0.29, 0.717) is 0 Å². The van der Waals surface area contributed by atoms with Crippen LogP contribution in [0.2, 0.25) is 0 Å². The van der Waals surface area contributed by atoms with E-state index >= 15 is 0 Å². The fourth-order valence-electron chi connectivity index (χ4n) is 0.532. The number of hydrogen-bond acceptors (Lipinski definition) is 4. The Bertz CT molecular complexity index is 343. The van der Waals surface area contributed by atoms with Gasteiger partial charge in [0.25, 0.3) is 0 Å². The fourth-order valence-corrected chi connectivity index (χ4v) is 1.20. The Balaban J connectivity index is 4.55. The Morgan fingerprint density at radius 2 is 1.79 bits per heavy atom. The van der Waals surface area contributed by atoms with Gasteiger partial charge in [-0.25, -0.2) is 8.42 Å². The van der Waals surface area contributed by atoms with Crippen LogP contribution >= 0.6 is 0 Å². The van der Waals surface area contributed by atoms with E-state index in [9.17, 15) is 26.8 Å². The van der Waals surface area contributed by atoms with Gasteiger partial charge in [-0.05, 0) is 0 Å². The van der Waals surface area contributed by atoms with Crippen LogP contribution in [0.1, 0.15) is 13.8 Å². The second-order valence-corrected chi connectivity index (χ2v) is 4.91. The first kappa shape index (κ1) is 12.9. The minimum absolute atomic E-state index is 0.170. The van der Waals surface area contributed by atoms with Crippen LogP contribution < -0.4 is 5.32 Å². The molecule has 0 unspecified atom stereocenters. The summed E-state index contributed by atoms with van der Waals surface area (Å²) < 4.78 is 46.1. The van der Waals surface area contributed by atoms with Gasteiger partial charge in [0.1, 0.15) is 5.75 Å². The molecule has 0 rings (SSSR count). The molecular weight excluding hydrogens is 220 g/mol. The van der Waals surface area contributed by atoms with E-state index in [2.05, 4.69) is 0 Å². The average Bonchev–Trinajstić information content (AvgIpc) is 1.79. The molecule has 0 atom stereocenters. The van der Waals surface area contributed by atoms with Crippen LogP contribution in [0.15, 0.2) is 0 Å². The molecule has 1 N–H and O–H groups in total. The topological polar surface area (TPSA) is 80.3 Å². The first-order valence-electron chi connectivity index (χ1n) is 3.47. The van der Waals surface area contributed by atoms with Crippen LogP contribution in [0.3, 0.4) is 0 Å². The maximum absolute atomic E-state index is 12.3. The van der Waals surface area contributed by atoms with Crippen molar-refractivity contribution in [3.05, 3.63) is 0 Å². The van der Waals surface area contributed by atoms with Gasteiger partial charge in [-0.1, -0.05) is 0 Å². The highest BCUT2D eigenvalue weighted by molar-refractivity contribution is 7.93. The Hall–Kier alpha value is -1.05. The minimum atomic E-state index is -4.84. The molecule has 0 radical (unpaired) electrons. The van der Waals surface area contributed by atoms with Crippen molar-refractivity contribution >= 4 is 21.7 Å². The summed E-state index contributed by atoms with van der Waals surface area (Å²) in [4.78, 5) is 20.9. The van der Waals surface area contributed by atoms with Crippen molar-refractivity contribution in [1.29, 1.82) is 0 Å². The summed E-state index contributed by atoms with van der Waals surface area (Å²) in [6, 6.07) is 0. The highest BCUT2D eigenvalue weighted by Gasteiger charge is 2.40. The van der Waals surface area contributed by atoms with Gasteiger partial charge in [-0.15, -0.1) is 0 Å². The summed E-state index contributed by atoms with van der Waals surface area (Å²) in [6.45, 7) is 1.14. The molecule has 0 bridgehead atoms. The number of carbonyl (C=O) groups excluding carboxylic acids is 2. The van der Waals surface area contributed by atoms with Crippen molar-refractivity contribution in [3.8, 4) is 0 Å². The standard InChI is InChI=1S/C6H9F2NO4S/c1-4(10)9-5(11)3-14(12,13)6(2,7)8/h3H2,1-2H3,(H,9,10,11). The third kappa shape index (κ3) is 3.77. The minimum Gasteiger partial charge on any atom is -0.296 e. The smallest absolute Gasteiger partial charge is 0.296 e. The van der Waals surface area contributed by atoms with Gasteiger partial charge >= 0.3 is 5.25 Å². The van der Waals surface area contributed by atoms with Crippen molar-refractivity contribution in [2.75, 3.05) is 5.75 Å². The van der Waals surface area contributed by atoms with E-state index in [1.54, 1.807) is 5.32 Å². The molecule has 14 heavy (non-hydrogen) atoms. The fraction of sp³-hybridized carbons (Fsp3) is 0.667. The third-order valence-electron chi connectivity index (χ3n) is 1.18. The lowest BCUT2D eigenvalue weighted by molar-refractivity contribution is -0.127. The number of rotatable bonds is 3.